The summed E-state index contributed by atoms with van der Waals surface area (Å²) < 4.78 is 5.63. The van der Waals surface area contributed by atoms with Crippen molar-refractivity contribution in [2.24, 2.45) is 11.8 Å². The fourth-order valence-electron chi connectivity index (χ4n) is 4.14. The third-order valence-electron chi connectivity index (χ3n) is 5.24. The first-order valence-electron chi connectivity index (χ1n) is 9.74. The number of carbonyl (C=O) groups is 1. The predicted octanol–water partition coefficient (Wildman–Crippen LogP) is 1.45. The van der Waals surface area contributed by atoms with Gasteiger partial charge in [0.2, 0.25) is 0 Å². The van der Waals surface area contributed by atoms with Crippen molar-refractivity contribution in [3.63, 3.8) is 0 Å². The first-order chi connectivity index (χ1) is 13.6. The van der Waals surface area contributed by atoms with Crippen LogP contribution >= 0.6 is 0 Å². The summed E-state index contributed by atoms with van der Waals surface area (Å²) >= 11 is 0. The van der Waals surface area contributed by atoms with Crippen LogP contribution in [-0.2, 0) is 0 Å². The number of fused-ring (bicyclic) bond motifs is 2. The molecule has 0 aliphatic carbocycles. The molecule has 1 aromatic rings. The average molecular weight is 384 g/mol. The molecule has 0 saturated carbocycles. The van der Waals surface area contributed by atoms with E-state index in [1.807, 2.05) is 4.90 Å². The van der Waals surface area contributed by atoms with Crippen molar-refractivity contribution in [2.45, 2.75) is 12.5 Å². The topological polar surface area (TPSA) is 88.8 Å². The summed E-state index contributed by atoms with van der Waals surface area (Å²) in [6, 6.07) is 8.93. The van der Waals surface area contributed by atoms with Crippen LogP contribution in [0, 0.1) is 23.2 Å². The number of hydrogen-bond acceptors (Lipinski definition) is 5. The van der Waals surface area contributed by atoms with Crippen molar-refractivity contribution in [3.05, 3.63) is 42.5 Å². The summed E-state index contributed by atoms with van der Waals surface area (Å²) in [6.45, 7) is 8.18. The zero-order valence-electron chi connectivity index (χ0n) is 16.1. The molecule has 150 valence electrons. The molecule has 0 spiro atoms. The molecule has 3 atom stereocenters. The Morgan fingerprint density at radius 3 is 2.61 bits per heavy atom. The normalized spacial score (nSPS) is 22.8. The molecule has 2 aliphatic rings. The van der Waals surface area contributed by atoms with E-state index in [0.717, 1.165) is 32.6 Å². The molecular weight excluding hydrogens is 356 g/mol. The van der Waals surface area contributed by atoms with Gasteiger partial charge in [0.25, 0.3) is 0 Å². The van der Waals surface area contributed by atoms with Gasteiger partial charge in [-0.3, -0.25) is 4.90 Å². The number of ether oxygens (including phenoxy) is 1. The maximum absolute atomic E-state index is 12.2. The van der Waals surface area contributed by atoms with Crippen LogP contribution in [0.3, 0.4) is 0 Å². The van der Waals surface area contributed by atoms with E-state index in [1.54, 1.807) is 30.3 Å². The lowest BCUT2D eigenvalue weighted by Crippen LogP contribution is -2.57. The van der Waals surface area contributed by atoms with Gasteiger partial charge in [-0.05, 0) is 42.5 Å². The number of nitrogens with zero attached hydrogens (tertiary/aromatic N) is 3. The van der Waals surface area contributed by atoms with Gasteiger partial charge < -0.3 is 20.1 Å². The molecule has 0 radical (unpaired) electrons. The van der Waals surface area contributed by atoms with Crippen LogP contribution in [0.15, 0.2) is 36.9 Å². The summed E-state index contributed by atoms with van der Waals surface area (Å²) in [6.07, 6.45) is 2.24. The molecule has 2 fully saturated rings. The molecule has 3 rings (SSSR count). The highest BCUT2D eigenvalue weighted by Crippen LogP contribution is 2.28. The van der Waals surface area contributed by atoms with Crippen molar-refractivity contribution in [1.29, 1.82) is 5.26 Å². The van der Waals surface area contributed by atoms with E-state index in [1.165, 1.54) is 0 Å². The highest BCUT2D eigenvalue weighted by atomic mass is 16.5. The number of hydrogen-bond donors (Lipinski definition) is 2. The van der Waals surface area contributed by atoms with Crippen LogP contribution in [0.4, 0.5) is 4.79 Å². The van der Waals surface area contributed by atoms with Crippen molar-refractivity contribution < 1.29 is 14.6 Å². The van der Waals surface area contributed by atoms with Crippen LogP contribution in [-0.4, -0.2) is 72.9 Å². The molecule has 2 saturated heterocycles. The Bertz CT molecular complexity index is 701. The summed E-state index contributed by atoms with van der Waals surface area (Å²) in [5.74, 6) is 1.52. The number of β-amino-alcohol motifs (C(OH)–C–C–N with tert-alkyl or cyclic N) is 1. The number of nitrogens with one attached hydrogen (secondary N) is 1. The number of aliphatic hydroxyl groups excluding tert-OH is 1. The Balaban J connectivity index is 1.43. The van der Waals surface area contributed by atoms with E-state index in [4.69, 9.17) is 10.00 Å². The van der Waals surface area contributed by atoms with Gasteiger partial charge in [0.05, 0.1) is 11.6 Å². The molecule has 0 aromatic heterocycles. The van der Waals surface area contributed by atoms with Gasteiger partial charge in [0.15, 0.2) is 0 Å². The number of carbonyl (C=O) groups excluding carboxylic acids is 1. The number of benzene rings is 1. The van der Waals surface area contributed by atoms with Crippen LogP contribution < -0.4 is 10.1 Å². The Kier molecular flexibility index (Phi) is 6.90. The molecule has 7 nitrogen and oxygen atoms in total. The number of amides is 2. The first-order valence-corrected chi connectivity index (χ1v) is 9.74. The summed E-state index contributed by atoms with van der Waals surface area (Å²) in [7, 11) is 0. The van der Waals surface area contributed by atoms with Crippen LogP contribution in [0.2, 0.25) is 0 Å². The maximum atomic E-state index is 12.2. The number of aliphatic hydroxyl groups is 1. The maximum Gasteiger partial charge on any atom is 0.317 e. The lowest BCUT2D eigenvalue weighted by molar-refractivity contribution is 0.00928. The molecule has 2 N–H and O–H groups in total. The highest BCUT2D eigenvalue weighted by Gasteiger charge is 2.36. The Morgan fingerprint density at radius 2 is 2.00 bits per heavy atom. The van der Waals surface area contributed by atoms with E-state index in [9.17, 15) is 9.90 Å². The van der Waals surface area contributed by atoms with Crippen molar-refractivity contribution in [2.75, 3.05) is 45.9 Å². The minimum atomic E-state index is -0.582. The molecule has 1 aromatic carbocycles. The number of nitriles is 1. The Labute approximate surface area is 166 Å². The lowest BCUT2D eigenvalue weighted by atomic mass is 9.84. The summed E-state index contributed by atoms with van der Waals surface area (Å²) in [5.41, 5.74) is 0.583. The fourth-order valence-corrected chi connectivity index (χ4v) is 4.14. The van der Waals surface area contributed by atoms with Crippen molar-refractivity contribution in [3.8, 4) is 11.8 Å². The number of piperidine rings is 2. The SMILES string of the molecule is C=CCNC(=O)N1CC2CC(CN(CC(O)COc3ccc(C#N)cc3)C2)C1. The van der Waals surface area contributed by atoms with Crippen molar-refractivity contribution >= 4 is 6.03 Å². The quantitative estimate of drug-likeness (QED) is 0.695. The van der Waals surface area contributed by atoms with E-state index in [2.05, 4.69) is 22.9 Å². The lowest BCUT2D eigenvalue weighted by Gasteiger charge is -2.46. The highest BCUT2D eigenvalue weighted by molar-refractivity contribution is 5.74. The van der Waals surface area contributed by atoms with Gasteiger partial charge in [0, 0.05) is 39.3 Å². The van der Waals surface area contributed by atoms with Crippen molar-refractivity contribution in [1.82, 2.24) is 15.1 Å². The third-order valence-corrected chi connectivity index (χ3v) is 5.24. The molecule has 3 unspecified atom stereocenters. The second kappa shape index (κ2) is 9.58. The molecule has 28 heavy (non-hydrogen) atoms. The average Bonchev–Trinajstić information content (AvgIpc) is 2.70. The number of rotatable bonds is 7. The Hall–Kier alpha value is -2.56. The van der Waals surface area contributed by atoms with Gasteiger partial charge in [-0.15, -0.1) is 6.58 Å². The minimum absolute atomic E-state index is 0.0149. The molecule has 2 bridgehead atoms. The van der Waals surface area contributed by atoms with Crippen LogP contribution in [0.5, 0.6) is 5.75 Å². The van der Waals surface area contributed by atoms with Crippen LogP contribution in [0.25, 0.3) is 0 Å². The number of urea groups is 1. The minimum Gasteiger partial charge on any atom is -0.491 e. The fraction of sp³-hybridized carbons (Fsp3) is 0.524. The molecule has 2 aliphatic heterocycles. The zero-order valence-corrected chi connectivity index (χ0v) is 16.1. The first kappa shape index (κ1) is 20.2. The van der Waals surface area contributed by atoms with Crippen LogP contribution in [0.1, 0.15) is 12.0 Å². The predicted molar refractivity (Wildman–Crippen MR) is 106 cm³/mol. The molecule has 2 amide bonds. The van der Waals surface area contributed by atoms with Gasteiger partial charge in [-0.2, -0.15) is 5.26 Å². The molecule has 2 heterocycles. The molecule has 7 heteroatoms. The van der Waals surface area contributed by atoms with E-state index in [0.29, 0.717) is 36.2 Å². The van der Waals surface area contributed by atoms with Gasteiger partial charge in [0.1, 0.15) is 18.5 Å². The van der Waals surface area contributed by atoms with E-state index < -0.39 is 6.10 Å². The summed E-state index contributed by atoms with van der Waals surface area (Å²) in [5, 5.41) is 22.0. The second-order valence-electron chi connectivity index (χ2n) is 7.67. The number of likely N-dealkylation sites (tertiary alicyclic amines) is 2. The Morgan fingerprint density at radius 1 is 1.32 bits per heavy atom. The van der Waals surface area contributed by atoms with Gasteiger partial charge in [-0.25, -0.2) is 4.79 Å². The summed E-state index contributed by atoms with van der Waals surface area (Å²) in [4.78, 5) is 16.4. The standard InChI is InChI=1S/C21H28N4O3/c1-2-7-23-21(27)25-12-17-8-18(13-25)11-24(10-17)14-19(26)15-28-20-5-3-16(9-22)4-6-20/h2-6,17-19,26H,1,7-8,10-15H2,(H,23,27). The largest absolute Gasteiger partial charge is 0.491 e. The third kappa shape index (κ3) is 5.47. The zero-order chi connectivity index (χ0) is 19.9. The van der Waals surface area contributed by atoms with E-state index >= 15 is 0 Å². The van der Waals surface area contributed by atoms with Gasteiger partial charge in [-0.1, -0.05) is 6.08 Å². The smallest absolute Gasteiger partial charge is 0.317 e. The van der Waals surface area contributed by atoms with Gasteiger partial charge >= 0.3 is 6.03 Å². The van der Waals surface area contributed by atoms with E-state index in [-0.39, 0.29) is 12.6 Å². The second-order valence-corrected chi connectivity index (χ2v) is 7.67. The molecular formula is C21H28N4O3. The monoisotopic (exact) mass is 384 g/mol.